The van der Waals surface area contributed by atoms with E-state index in [1.165, 1.54) is 51.4 Å². The average molecular weight is 222 g/mol. The van der Waals surface area contributed by atoms with Gasteiger partial charge in [0.2, 0.25) is 0 Å². The first-order valence-electron chi connectivity index (χ1n) is 4.65. The molecule has 0 heterocycles. The third-order valence-electron chi connectivity index (χ3n) is 2.40. The molecule has 0 amide bonds. The summed E-state index contributed by atoms with van der Waals surface area (Å²) in [5, 5.41) is 0. The first kappa shape index (κ1) is 11.4. The highest BCUT2D eigenvalue weighted by Crippen LogP contribution is 2.15. The SMILES string of the molecule is Br.NC1CCCCCCCC1. The van der Waals surface area contributed by atoms with Crippen molar-refractivity contribution in [1.29, 1.82) is 0 Å². The quantitative estimate of drug-likeness (QED) is 0.669. The van der Waals surface area contributed by atoms with Crippen molar-refractivity contribution in [2.24, 2.45) is 5.73 Å². The van der Waals surface area contributed by atoms with Crippen LogP contribution in [0.1, 0.15) is 51.4 Å². The molecule has 1 aliphatic rings. The lowest BCUT2D eigenvalue weighted by Gasteiger charge is -2.07. The summed E-state index contributed by atoms with van der Waals surface area (Å²) >= 11 is 0. The minimum atomic E-state index is 0. The van der Waals surface area contributed by atoms with E-state index in [1.807, 2.05) is 0 Å². The lowest BCUT2D eigenvalue weighted by molar-refractivity contribution is 0.534. The zero-order valence-corrected chi connectivity index (χ0v) is 8.93. The third-order valence-corrected chi connectivity index (χ3v) is 2.40. The molecule has 0 bridgehead atoms. The minimum absolute atomic E-state index is 0. The van der Waals surface area contributed by atoms with E-state index in [-0.39, 0.29) is 17.0 Å². The van der Waals surface area contributed by atoms with Crippen LogP contribution in [0.4, 0.5) is 0 Å². The van der Waals surface area contributed by atoms with Crippen LogP contribution in [0.3, 0.4) is 0 Å². The summed E-state index contributed by atoms with van der Waals surface area (Å²) in [4.78, 5) is 0. The van der Waals surface area contributed by atoms with Crippen LogP contribution in [0.25, 0.3) is 0 Å². The monoisotopic (exact) mass is 221 g/mol. The van der Waals surface area contributed by atoms with Crippen molar-refractivity contribution in [2.75, 3.05) is 0 Å². The highest BCUT2D eigenvalue weighted by molar-refractivity contribution is 8.93. The van der Waals surface area contributed by atoms with Gasteiger partial charge in [-0.15, -0.1) is 17.0 Å². The van der Waals surface area contributed by atoms with Crippen molar-refractivity contribution in [1.82, 2.24) is 0 Å². The maximum absolute atomic E-state index is 5.87. The van der Waals surface area contributed by atoms with Crippen molar-refractivity contribution in [3.8, 4) is 0 Å². The summed E-state index contributed by atoms with van der Waals surface area (Å²) in [5.41, 5.74) is 5.87. The van der Waals surface area contributed by atoms with Crippen LogP contribution in [-0.2, 0) is 0 Å². The molecule has 0 spiro atoms. The lowest BCUT2D eigenvalue weighted by atomic mass is 10.1. The second-order valence-corrected chi connectivity index (χ2v) is 3.46. The molecule has 1 saturated carbocycles. The van der Waals surface area contributed by atoms with Crippen LogP contribution in [0.5, 0.6) is 0 Å². The molecule has 2 N–H and O–H groups in total. The Morgan fingerprint density at radius 3 is 1.55 bits per heavy atom. The summed E-state index contributed by atoms with van der Waals surface area (Å²) in [5.74, 6) is 0. The molecular formula is C9H20BrN. The van der Waals surface area contributed by atoms with Gasteiger partial charge in [0.05, 0.1) is 0 Å². The van der Waals surface area contributed by atoms with Gasteiger partial charge in [-0.1, -0.05) is 38.5 Å². The summed E-state index contributed by atoms with van der Waals surface area (Å²) in [6.07, 6.45) is 10.9. The van der Waals surface area contributed by atoms with E-state index in [0.717, 1.165) is 0 Å². The standard InChI is InChI=1S/C9H19N.BrH/c10-9-7-5-3-1-2-4-6-8-9;/h9H,1-8,10H2;1H. The van der Waals surface area contributed by atoms with Gasteiger partial charge in [-0.05, 0) is 12.8 Å². The maximum Gasteiger partial charge on any atom is 0.00388 e. The summed E-state index contributed by atoms with van der Waals surface area (Å²) in [6.45, 7) is 0. The average Bonchev–Trinajstić information content (AvgIpc) is 2.02. The normalized spacial score (nSPS) is 22.6. The molecule has 11 heavy (non-hydrogen) atoms. The Morgan fingerprint density at radius 2 is 1.09 bits per heavy atom. The van der Waals surface area contributed by atoms with E-state index < -0.39 is 0 Å². The Morgan fingerprint density at radius 1 is 0.727 bits per heavy atom. The van der Waals surface area contributed by atoms with Crippen molar-refractivity contribution in [2.45, 2.75) is 57.4 Å². The van der Waals surface area contributed by atoms with Gasteiger partial charge in [0.25, 0.3) is 0 Å². The van der Waals surface area contributed by atoms with Crippen molar-refractivity contribution in [3.05, 3.63) is 0 Å². The van der Waals surface area contributed by atoms with Gasteiger partial charge >= 0.3 is 0 Å². The third kappa shape index (κ3) is 5.68. The van der Waals surface area contributed by atoms with Crippen LogP contribution in [0.15, 0.2) is 0 Å². The molecule has 68 valence electrons. The molecule has 0 atom stereocenters. The fourth-order valence-electron chi connectivity index (χ4n) is 1.66. The molecule has 0 aromatic heterocycles. The molecule has 1 fully saturated rings. The van der Waals surface area contributed by atoms with Crippen LogP contribution in [0.2, 0.25) is 0 Å². The lowest BCUT2D eigenvalue weighted by Crippen LogP contribution is -2.18. The number of hydrogen-bond donors (Lipinski definition) is 1. The molecular weight excluding hydrogens is 202 g/mol. The molecule has 2 heteroatoms. The summed E-state index contributed by atoms with van der Waals surface area (Å²) in [7, 11) is 0. The van der Waals surface area contributed by atoms with Gasteiger partial charge in [0.1, 0.15) is 0 Å². The Balaban J connectivity index is 0.000001000. The van der Waals surface area contributed by atoms with Crippen molar-refractivity contribution >= 4 is 17.0 Å². The van der Waals surface area contributed by atoms with Crippen molar-refractivity contribution in [3.63, 3.8) is 0 Å². The predicted octanol–water partition coefficient (Wildman–Crippen LogP) is 3.03. The molecule has 0 unspecified atom stereocenters. The van der Waals surface area contributed by atoms with Gasteiger partial charge in [-0.25, -0.2) is 0 Å². The van der Waals surface area contributed by atoms with Gasteiger partial charge in [-0.2, -0.15) is 0 Å². The van der Waals surface area contributed by atoms with Gasteiger partial charge in [0, 0.05) is 6.04 Å². The Labute approximate surface area is 80.5 Å². The zero-order chi connectivity index (χ0) is 7.23. The molecule has 0 aliphatic heterocycles. The molecule has 1 rings (SSSR count). The Bertz CT molecular complexity index is 75.6. The summed E-state index contributed by atoms with van der Waals surface area (Å²) < 4.78 is 0. The highest BCUT2D eigenvalue weighted by atomic mass is 79.9. The van der Waals surface area contributed by atoms with E-state index in [9.17, 15) is 0 Å². The highest BCUT2D eigenvalue weighted by Gasteiger charge is 2.04. The second kappa shape index (κ2) is 7.11. The van der Waals surface area contributed by atoms with Gasteiger partial charge in [0.15, 0.2) is 0 Å². The van der Waals surface area contributed by atoms with Crippen LogP contribution >= 0.6 is 17.0 Å². The van der Waals surface area contributed by atoms with Crippen LogP contribution in [-0.4, -0.2) is 6.04 Å². The fourth-order valence-corrected chi connectivity index (χ4v) is 1.66. The topological polar surface area (TPSA) is 26.0 Å². The van der Waals surface area contributed by atoms with E-state index in [4.69, 9.17) is 5.73 Å². The molecule has 1 aliphatic carbocycles. The molecule has 0 saturated heterocycles. The van der Waals surface area contributed by atoms with Gasteiger partial charge < -0.3 is 5.73 Å². The first-order chi connectivity index (χ1) is 4.89. The maximum atomic E-state index is 5.87. The number of hydrogen-bond acceptors (Lipinski definition) is 1. The van der Waals surface area contributed by atoms with Crippen LogP contribution < -0.4 is 5.73 Å². The molecule has 0 aromatic rings. The molecule has 0 radical (unpaired) electrons. The minimum Gasteiger partial charge on any atom is -0.328 e. The fraction of sp³-hybridized carbons (Fsp3) is 1.00. The molecule has 0 aromatic carbocycles. The van der Waals surface area contributed by atoms with E-state index in [0.29, 0.717) is 6.04 Å². The smallest absolute Gasteiger partial charge is 0.00388 e. The second-order valence-electron chi connectivity index (χ2n) is 3.46. The summed E-state index contributed by atoms with van der Waals surface area (Å²) in [6, 6.07) is 0.512. The molecule has 1 nitrogen and oxygen atoms in total. The predicted molar refractivity (Wildman–Crippen MR) is 55.2 cm³/mol. The number of rotatable bonds is 0. The van der Waals surface area contributed by atoms with E-state index >= 15 is 0 Å². The largest absolute Gasteiger partial charge is 0.328 e. The Hall–Kier alpha value is 0.440. The van der Waals surface area contributed by atoms with E-state index in [2.05, 4.69) is 0 Å². The van der Waals surface area contributed by atoms with Gasteiger partial charge in [-0.3, -0.25) is 0 Å². The first-order valence-corrected chi connectivity index (χ1v) is 4.65. The van der Waals surface area contributed by atoms with Crippen LogP contribution in [0, 0.1) is 0 Å². The number of nitrogens with two attached hydrogens (primary N) is 1. The van der Waals surface area contributed by atoms with Crippen molar-refractivity contribution < 1.29 is 0 Å². The Kier molecular flexibility index (Phi) is 7.39. The number of halogens is 1. The zero-order valence-electron chi connectivity index (χ0n) is 7.22. The van der Waals surface area contributed by atoms with E-state index in [1.54, 1.807) is 0 Å².